The number of amides is 2. The molecule has 3 rings (SSSR count). The van der Waals surface area contributed by atoms with Gasteiger partial charge >= 0.3 is 6.09 Å². The number of ether oxygens (including phenoxy) is 1. The van der Waals surface area contributed by atoms with Gasteiger partial charge in [-0.25, -0.2) is 14.1 Å². The van der Waals surface area contributed by atoms with Gasteiger partial charge in [0.05, 0.1) is 6.04 Å². The lowest BCUT2D eigenvalue weighted by Gasteiger charge is -2.19. The van der Waals surface area contributed by atoms with Crippen molar-refractivity contribution < 1.29 is 18.7 Å². The number of carbonyl (C=O) groups is 2. The first-order valence-electron chi connectivity index (χ1n) is 8.90. The second kappa shape index (κ2) is 8.61. The number of nitrogens with zero attached hydrogens (tertiary/aromatic N) is 1. The van der Waals surface area contributed by atoms with Crippen LogP contribution in [0.3, 0.4) is 0 Å². The molecule has 2 aromatic rings. The second-order valence-electron chi connectivity index (χ2n) is 6.52. The van der Waals surface area contributed by atoms with Gasteiger partial charge in [-0.2, -0.15) is 0 Å². The SMILES string of the molecule is O=C(CCCCc1ccc(F)cc1)N1C(=O)OCC1Cc1ccccc1. The molecule has 0 spiro atoms. The number of hydrogen-bond donors (Lipinski definition) is 0. The Morgan fingerprint density at radius 1 is 1.04 bits per heavy atom. The van der Waals surface area contributed by atoms with Crippen molar-refractivity contribution in [3.8, 4) is 0 Å². The molecule has 1 atom stereocenters. The fourth-order valence-electron chi connectivity index (χ4n) is 3.18. The summed E-state index contributed by atoms with van der Waals surface area (Å²) >= 11 is 0. The molecule has 5 heteroatoms. The summed E-state index contributed by atoms with van der Waals surface area (Å²) in [6.45, 7) is 0.245. The fourth-order valence-corrected chi connectivity index (χ4v) is 3.18. The lowest BCUT2D eigenvalue weighted by molar-refractivity contribution is -0.129. The van der Waals surface area contributed by atoms with E-state index in [9.17, 15) is 14.0 Å². The molecule has 0 aliphatic carbocycles. The molecule has 1 fully saturated rings. The van der Waals surface area contributed by atoms with Gasteiger partial charge in [0.1, 0.15) is 12.4 Å². The average molecular weight is 355 g/mol. The Kier molecular flexibility index (Phi) is 6.00. The van der Waals surface area contributed by atoms with Crippen molar-refractivity contribution in [2.24, 2.45) is 0 Å². The molecule has 4 nitrogen and oxygen atoms in total. The molecule has 0 bridgehead atoms. The number of halogens is 1. The minimum atomic E-state index is -0.547. The number of unbranched alkanes of at least 4 members (excludes halogenated alkanes) is 1. The number of rotatable bonds is 7. The van der Waals surface area contributed by atoms with Crippen LogP contribution in [-0.4, -0.2) is 29.5 Å². The third kappa shape index (κ3) is 4.69. The quantitative estimate of drug-likeness (QED) is 0.702. The molecular weight excluding hydrogens is 333 g/mol. The highest BCUT2D eigenvalue weighted by molar-refractivity contribution is 5.93. The third-order valence-electron chi connectivity index (χ3n) is 4.56. The van der Waals surface area contributed by atoms with Crippen molar-refractivity contribution in [3.05, 3.63) is 71.5 Å². The van der Waals surface area contributed by atoms with E-state index in [4.69, 9.17) is 4.74 Å². The van der Waals surface area contributed by atoms with Crippen LogP contribution in [-0.2, 0) is 22.4 Å². The minimum Gasteiger partial charge on any atom is -0.447 e. The van der Waals surface area contributed by atoms with Gasteiger partial charge in [-0.1, -0.05) is 42.5 Å². The molecule has 1 saturated heterocycles. The number of carbonyl (C=O) groups excluding carboxylic acids is 2. The second-order valence-corrected chi connectivity index (χ2v) is 6.52. The molecule has 0 N–H and O–H groups in total. The number of cyclic esters (lactones) is 1. The zero-order valence-corrected chi connectivity index (χ0v) is 14.6. The van der Waals surface area contributed by atoms with Crippen molar-refractivity contribution in [2.75, 3.05) is 6.61 Å². The maximum atomic E-state index is 12.9. The standard InChI is InChI=1S/C21H22FNO3/c22-18-12-10-16(11-13-18)6-4-5-9-20(24)23-19(15-26-21(23)25)14-17-7-2-1-3-8-17/h1-3,7-8,10-13,19H,4-6,9,14-15H2. The molecular formula is C21H22FNO3. The Balaban J connectivity index is 1.48. The van der Waals surface area contributed by atoms with Crippen LogP contribution in [0, 0.1) is 5.82 Å². The molecule has 1 unspecified atom stereocenters. The summed E-state index contributed by atoms with van der Waals surface area (Å²) in [6, 6.07) is 15.9. The first kappa shape index (κ1) is 18.1. The summed E-state index contributed by atoms with van der Waals surface area (Å²) in [7, 11) is 0. The monoisotopic (exact) mass is 355 g/mol. The molecule has 26 heavy (non-hydrogen) atoms. The lowest BCUT2D eigenvalue weighted by atomic mass is 10.0. The first-order valence-corrected chi connectivity index (χ1v) is 8.90. The van der Waals surface area contributed by atoms with Gasteiger partial charge < -0.3 is 4.74 Å². The third-order valence-corrected chi connectivity index (χ3v) is 4.56. The van der Waals surface area contributed by atoms with E-state index in [0.29, 0.717) is 19.3 Å². The van der Waals surface area contributed by atoms with Crippen molar-refractivity contribution in [1.29, 1.82) is 0 Å². The fraction of sp³-hybridized carbons (Fsp3) is 0.333. The summed E-state index contributed by atoms with van der Waals surface area (Å²) < 4.78 is 18.0. The van der Waals surface area contributed by atoms with Gasteiger partial charge in [0.15, 0.2) is 0 Å². The van der Waals surface area contributed by atoms with Crippen molar-refractivity contribution in [1.82, 2.24) is 4.90 Å². The Morgan fingerprint density at radius 2 is 1.77 bits per heavy atom. The molecule has 0 aromatic heterocycles. The zero-order chi connectivity index (χ0) is 18.4. The zero-order valence-electron chi connectivity index (χ0n) is 14.6. The Labute approximate surface area is 152 Å². The van der Waals surface area contributed by atoms with Crippen molar-refractivity contribution >= 4 is 12.0 Å². The molecule has 0 radical (unpaired) electrons. The largest absolute Gasteiger partial charge is 0.447 e. The summed E-state index contributed by atoms with van der Waals surface area (Å²) in [5.41, 5.74) is 2.12. The van der Waals surface area contributed by atoms with Gasteiger partial charge in [0.25, 0.3) is 0 Å². The maximum Gasteiger partial charge on any atom is 0.416 e. The minimum absolute atomic E-state index is 0.187. The van der Waals surface area contributed by atoms with Gasteiger partial charge in [-0.3, -0.25) is 4.79 Å². The van der Waals surface area contributed by atoms with Gasteiger partial charge in [-0.15, -0.1) is 0 Å². The number of aryl methyl sites for hydroxylation is 1. The molecule has 2 amide bonds. The normalized spacial score (nSPS) is 16.6. The average Bonchev–Trinajstić information content (AvgIpc) is 3.01. The van der Waals surface area contributed by atoms with Crippen LogP contribution < -0.4 is 0 Å². The molecule has 1 aliphatic heterocycles. The highest BCUT2D eigenvalue weighted by Gasteiger charge is 2.37. The van der Waals surface area contributed by atoms with Gasteiger partial charge in [0, 0.05) is 6.42 Å². The van der Waals surface area contributed by atoms with Crippen molar-refractivity contribution in [3.63, 3.8) is 0 Å². The predicted molar refractivity (Wildman–Crippen MR) is 96.1 cm³/mol. The molecule has 1 aliphatic rings. The van der Waals surface area contributed by atoms with Crippen LogP contribution in [0.4, 0.5) is 9.18 Å². The van der Waals surface area contributed by atoms with E-state index in [1.54, 1.807) is 12.1 Å². The van der Waals surface area contributed by atoms with E-state index in [2.05, 4.69) is 0 Å². The van der Waals surface area contributed by atoms with E-state index in [1.165, 1.54) is 17.0 Å². The number of hydrogen-bond acceptors (Lipinski definition) is 3. The Hall–Kier alpha value is -2.69. The number of imide groups is 1. The molecule has 136 valence electrons. The van der Waals surface area contributed by atoms with Crippen LogP contribution in [0.15, 0.2) is 54.6 Å². The van der Waals surface area contributed by atoms with Gasteiger partial charge in [-0.05, 0) is 48.9 Å². The van der Waals surface area contributed by atoms with Gasteiger partial charge in [0.2, 0.25) is 5.91 Å². The molecule has 2 aromatic carbocycles. The van der Waals surface area contributed by atoms with Crippen LogP contribution in [0.2, 0.25) is 0 Å². The van der Waals surface area contributed by atoms with Crippen LogP contribution >= 0.6 is 0 Å². The predicted octanol–water partition coefficient (Wildman–Crippen LogP) is 4.13. The summed E-state index contributed by atoms with van der Waals surface area (Å²) in [5.74, 6) is -0.437. The van der Waals surface area contributed by atoms with E-state index in [-0.39, 0.29) is 24.4 Å². The Morgan fingerprint density at radius 3 is 2.50 bits per heavy atom. The summed E-state index contributed by atoms with van der Waals surface area (Å²) in [6.07, 6.45) is 2.64. The van der Waals surface area contributed by atoms with E-state index < -0.39 is 6.09 Å². The van der Waals surface area contributed by atoms with Crippen LogP contribution in [0.1, 0.15) is 30.4 Å². The highest BCUT2D eigenvalue weighted by Crippen LogP contribution is 2.19. The van der Waals surface area contributed by atoms with Crippen LogP contribution in [0.5, 0.6) is 0 Å². The van der Waals surface area contributed by atoms with E-state index >= 15 is 0 Å². The van der Waals surface area contributed by atoms with Crippen LogP contribution in [0.25, 0.3) is 0 Å². The first-order chi connectivity index (χ1) is 12.6. The lowest BCUT2D eigenvalue weighted by Crippen LogP contribution is -2.40. The summed E-state index contributed by atoms with van der Waals surface area (Å²) in [5, 5.41) is 0. The van der Waals surface area contributed by atoms with Crippen molar-refractivity contribution in [2.45, 2.75) is 38.1 Å². The number of benzene rings is 2. The van der Waals surface area contributed by atoms with E-state index in [1.807, 2.05) is 30.3 Å². The van der Waals surface area contributed by atoms with E-state index in [0.717, 1.165) is 24.0 Å². The molecule has 0 saturated carbocycles. The molecule has 1 heterocycles. The maximum absolute atomic E-state index is 12.9. The topological polar surface area (TPSA) is 46.6 Å². The smallest absolute Gasteiger partial charge is 0.416 e. The Bertz CT molecular complexity index is 746. The highest BCUT2D eigenvalue weighted by atomic mass is 19.1. The summed E-state index contributed by atoms with van der Waals surface area (Å²) in [4.78, 5) is 25.7.